The average Bonchev–Trinajstić information content (AvgIpc) is 2.87. The molecule has 1 fully saturated rings. The Kier molecular flexibility index (Phi) is 6.69. The lowest BCUT2D eigenvalue weighted by atomic mass is 10.2. The van der Waals surface area contributed by atoms with Crippen molar-refractivity contribution in [2.24, 2.45) is 0 Å². The van der Waals surface area contributed by atoms with Gasteiger partial charge in [0.25, 0.3) is 0 Å². The van der Waals surface area contributed by atoms with E-state index in [-0.39, 0.29) is 22.1 Å². The molecule has 0 saturated carbocycles. The molecule has 1 aromatic carbocycles. The normalized spacial score (nSPS) is 16.1. The van der Waals surface area contributed by atoms with Gasteiger partial charge in [-0.15, -0.1) is 5.10 Å². The Morgan fingerprint density at radius 1 is 1.19 bits per heavy atom. The lowest BCUT2D eigenvalue weighted by molar-refractivity contribution is 0.0467. The molecular weight excluding hydrogens is 433 g/mol. The van der Waals surface area contributed by atoms with Gasteiger partial charge in [0.2, 0.25) is 10.0 Å². The minimum Gasteiger partial charge on any atom is -0.455 e. The van der Waals surface area contributed by atoms with Crippen molar-refractivity contribution in [3.8, 4) is 0 Å². The molecule has 7 nitrogen and oxygen atoms in total. The minimum atomic E-state index is -3.79. The second kappa shape index (κ2) is 8.83. The van der Waals surface area contributed by atoms with Crippen LogP contribution in [0.15, 0.2) is 23.1 Å². The summed E-state index contributed by atoms with van der Waals surface area (Å²) in [5, 5.41) is 3.83. The highest BCUT2D eigenvalue weighted by atomic mass is 35.5. The fraction of sp³-hybridized carbons (Fsp3) is 0.438. The van der Waals surface area contributed by atoms with Crippen molar-refractivity contribution in [1.82, 2.24) is 13.9 Å². The Hall–Kier alpha value is -1.26. The maximum absolute atomic E-state index is 13.0. The molecule has 0 radical (unpaired) electrons. The molecule has 146 valence electrons. The molecular formula is C16H17Cl2N3O4S2. The summed E-state index contributed by atoms with van der Waals surface area (Å²) in [4.78, 5) is 12.2. The first-order valence-corrected chi connectivity index (χ1v) is 11.3. The number of ether oxygens (including phenoxy) is 1. The molecule has 1 aliphatic rings. The monoisotopic (exact) mass is 449 g/mol. The predicted octanol–water partition coefficient (Wildman–Crippen LogP) is 3.77. The van der Waals surface area contributed by atoms with Gasteiger partial charge in [0.05, 0.1) is 10.6 Å². The van der Waals surface area contributed by atoms with Crippen molar-refractivity contribution in [2.75, 3.05) is 13.1 Å². The van der Waals surface area contributed by atoms with Crippen LogP contribution in [-0.2, 0) is 21.4 Å². The molecule has 1 saturated heterocycles. The Bertz CT molecular complexity index is 925. The van der Waals surface area contributed by atoms with E-state index in [4.69, 9.17) is 27.9 Å². The quantitative estimate of drug-likeness (QED) is 0.645. The van der Waals surface area contributed by atoms with Crippen molar-refractivity contribution in [3.63, 3.8) is 0 Å². The van der Waals surface area contributed by atoms with Crippen LogP contribution in [0, 0.1) is 0 Å². The number of hydrogen-bond acceptors (Lipinski definition) is 7. The third-order valence-corrected chi connectivity index (χ3v) is 7.56. The van der Waals surface area contributed by atoms with Crippen LogP contribution in [0.5, 0.6) is 0 Å². The molecule has 11 heteroatoms. The topological polar surface area (TPSA) is 89.5 Å². The highest BCUT2D eigenvalue weighted by Crippen LogP contribution is 2.28. The van der Waals surface area contributed by atoms with Crippen molar-refractivity contribution in [1.29, 1.82) is 0 Å². The molecule has 0 spiro atoms. The SMILES string of the molecule is O=C(OCc1nnsc1Cl)c1ccc(Cl)c(S(=O)(=O)N2CCCCCC2)c1. The second-order valence-corrected chi connectivity index (χ2v) is 9.70. The lowest BCUT2D eigenvalue weighted by Crippen LogP contribution is -2.32. The first-order valence-electron chi connectivity index (χ1n) is 8.33. The van der Waals surface area contributed by atoms with Gasteiger partial charge in [0.1, 0.15) is 21.5 Å². The number of aromatic nitrogens is 2. The zero-order valence-electron chi connectivity index (χ0n) is 14.2. The van der Waals surface area contributed by atoms with Crippen molar-refractivity contribution in [2.45, 2.75) is 37.2 Å². The number of sulfonamides is 1. The average molecular weight is 450 g/mol. The highest BCUT2D eigenvalue weighted by Gasteiger charge is 2.28. The van der Waals surface area contributed by atoms with Gasteiger partial charge in [-0.2, -0.15) is 4.31 Å². The standard InChI is InChI=1S/C16H17Cl2N3O4S2/c17-12-6-5-11(16(22)25-10-13-15(18)26-20-19-13)9-14(12)27(23,24)21-7-3-1-2-4-8-21/h5-6,9H,1-4,7-8,10H2. The van der Waals surface area contributed by atoms with Crippen LogP contribution in [0.4, 0.5) is 0 Å². The van der Waals surface area contributed by atoms with Crippen LogP contribution < -0.4 is 0 Å². The summed E-state index contributed by atoms with van der Waals surface area (Å²) < 4.78 is 36.5. The van der Waals surface area contributed by atoms with E-state index in [9.17, 15) is 13.2 Å². The number of carbonyl (C=O) groups is 1. The zero-order valence-corrected chi connectivity index (χ0v) is 17.4. The number of benzene rings is 1. The smallest absolute Gasteiger partial charge is 0.338 e. The van der Waals surface area contributed by atoms with Crippen LogP contribution in [0.25, 0.3) is 0 Å². The minimum absolute atomic E-state index is 0.0718. The number of esters is 1. The molecule has 0 aliphatic carbocycles. The molecule has 2 aromatic rings. The zero-order chi connectivity index (χ0) is 19.4. The summed E-state index contributed by atoms with van der Waals surface area (Å²) in [6.45, 7) is 0.746. The largest absolute Gasteiger partial charge is 0.455 e. The second-order valence-electron chi connectivity index (χ2n) is 6.03. The predicted molar refractivity (Wildman–Crippen MR) is 103 cm³/mol. The van der Waals surface area contributed by atoms with Gasteiger partial charge in [-0.3, -0.25) is 0 Å². The van der Waals surface area contributed by atoms with E-state index in [0.717, 1.165) is 37.2 Å². The molecule has 0 amide bonds. The van der Waals surface area contributed by atoms with E-state index in [1.807, 2.05) is 0 Å². The summed E-state index contributed by atoms with van der Waals surface area (Å²) in [5.41, 5.74) is 0.438. The molecule has 1 aromatic heterocycles. The summed E-state index contributed by atoms with van der Waals surface area (Å²) in [7, 11) is -3.79. The number of hydrogen-bond donors (Lipinski definition) is 0. The summed E-state index contributed by atoms with van der Waals surface area (Å²) in [5.74, 6) is -0.692. The van der Waals surface area contributed by atoms with Gasteiger partial charge in [0.15, 0.2) is 0 Å². The van der Waals surface area contributed by atoms with E-state index < -0.39 is 16.0 Å². The van der Waals surface area contributed by atoms with Gasteiger partial charge in [-0.1, -0.05) is 40.5 Å². The maximum atomic E-state index is 13.0. The van der Waals surface area contributed by atoms with Gasteiger partial charge in [-0.25, -0.2) is 13.2 Å². The third kappa shape index (κ3) is 4.78. The van der Waals surface area contributed by atoms with Crippen LogP contribution in [0.3, 0.4) is 0 Å². The molecule has 0 bridgehead atoms. The molecule has 3 rings (SSSR count). The molecule has 1 aliphatic heterocycles. The fourth-order valence-corrected chi connectivity index (χ4v) is 5.37. The molecule has 0 atom stereocenters. The van der Waals surface area contributed by atoms with Gasteiger partial charge in [0, 0.05) is 24.6 Å². The lowest BCUT2D eigenvalue weighted by Gasteiger charge is -2.21. The summed E-state index contributed by atoms with van der Waals surface area (Å²) in [6, 6.07) is 4.07. The summed E-state index contributed by atoms with van der Waals surface area (Å²) in [6.07, 6.45) is 3.61. The molecule has 2 heterocycles. The Morgan fingerprint density at radius 3 is 2.52 bits per heavy atom. The van der Waals surface area contributed by atoms with E-state index in [0.29, 0.717) is 23.1 Å². The maximum Gasteiger partial charge on any atom is 0.338 e. The van der Waals surface area contributed by atoms with Crippen molar-refractivity contribution in [3.05, 3.63) is 38.8 Å². The van der Waals surface area contributed by atoms with E-state index in [2.05, 4.69) is 9.59 Å². The first-order chi connectivity index (χ1) is 12.9. The summed E-state index contributed by atoms with van der Waals surface area (Å²) >= 11 is 13.0. The van der Waals surface area contributed by atoms with E-state index >= 15 is 0 Å². The fourth-order valence-electron chi connectivity index (χ4n) is 2.75. The molecule has 0 N–H and O–H groups in total. The third-order valence-electron chi connectivity index (χ3n) is 4.20. The number of rotatable bonds is 5. The number of carbonyl (C=O) groups excluding carboxylic acids is 1. The van der Waals surface area contributed by atoms with Crippen molar-refractivity contribution >= 4 is 50.7 Å². The van der Waals surface area contributed by atoms with E-state index in [1.165, 1.54) is 22.5 Å². The van der Waals surface area contributed by atoms with Gasteiger partial charge >= 0.3 is 5.97 Å². The molecule has 0 unspecified atom stereocenters. The highest BCUT2D eigenvalue weighted by molar-refractivity contribution is 7.89. The number of halogens is 2. The van der Waals surface area contributed by atoms with Crippen LogP contribution in [-0.4, -0.2) is 41.4 Å². The van der Waals surface area contributed by atoms with Gasteiger partial charge < -0.3 is 4.74 Å². The van der Waals surface area contributed by atoms with Crippen LogP contribution >= 0.6 is 34.7 Å². The van der Waals surface area contributed by atoms with Gasteiger partial charge in [-0.05, 0) is 31.0 Å². The Morgan fingerprint density at radius 2 is 1.89 bits per heavy atom. The van der Waals surface area contributed by atoms with E-state index in [1.54, 1.807) is 0 Å². The van der Waals surface area contributed by atoms with Crippen LogP contribution in [0.2, 0.25) is 9.36 Å². The first kappa shape index (κ1) is 20.5. The van der Waals surface area contributed by atoms with Crippen molar-refractivity contribution < 1.29 is 17.9 Å². The number of nitrogens with zero attached hydrogens (tertiary/aromatic N) is 3. The van der Waals surface area contributed by atoms with Crippen LogP contribution in [0.1, 0.15) is 41.7 Å². The Balaban J connectivity index is 1.80. The molecule has 27 heavy (non-hydrogen) atoms. The Labute approximate surface area is 171 Å².